The van der Waals surface area contributed by atoms with Crippen molar-refractivity contribution in [2.75, 3.05) is 51.3 Å². The lowest BCUT2D eigenvalue weighted by Gasteiger charge is -2.60. The molecular weight excluding hydrogens is 566 g/mol. The standard InChI is InChI=1S/C37H53N3O5/c1-36-13-10-27(41)21-25(36)4-6-29-30-8-9-33(37(30,2)14-11-31(29)36)44-23-34(42)38-15-12-24-20-35(43)45-32-22-26(5-7-28(24)32)40-18-16-39(3)17-19-40/h5,7,20,22,25,27,29-31,33,41H,4,6,8-19,21,23H2,1-3H3,(H,38,42)/t25-,27+,29-,30-,31-,33-,36-,37-/m0/s1. The van der Waals surface area contributed by atoms with Crippen LogP contribution < -0.4 is 15.8 Å². The fraction of sp³-hybridized carbons (Fsp3) is 0.730. The average Bonchev–Trinajstić information content (AvgIpc) is 3.36. The molecule has 2 N–H and O–H groups in total. The molecule has 1 aromatic heterocycles. The molecule has 1 aliphatic heterocycles. The third kappa shape index (κ3) is 5.84. The second-order valence-corrected chi connectivity index (χ2v) is 15.7. The van der Waals surface area contributed by atoms with Gasteiger partial charge in [0.1, 0.15) is 12.2 Å². The van der Waals surface area contributed by atoms with E-state index in [9.17, 15) is 14.7 Å². The molecule has 5 fully saturated rings. The van der Waals surface area contributed by atoms with Gasteiger partial charge < -0.3 is 29.4 Å². The fourth-order valence-electron chi connectivity index (χ4n) is 10.7. The molecule has 8 atom stereocenters. The number of carbonyl (C=O) groups excluding carboxylic acids is 1. The normalized spacial score (nSPS) is 36.8. The molecule has 0 radical (unpaired) electrons. The van der Waals surface area contributed by atoms with Crippen molar-refractivity contribution in [2.24, 2.45) is 34.5 Å². The van der Waals surface area contributed by atoms with E-state index in [1.165, 1.54) is 38.5 Å². The van der Waals surface area contributed by atoms with Gasteiger partial charge in [-0.3, -0.25) is 4.79 Å². The van der Waals surface area contributed by atoms with Gasteiger partial charge in [0.15, 0.2) is 0 Å². The SMILES string of the molecule is CN1CCN(c2ccc3c(CCNC(=O)CO[C@H]4CC[C@H]5[C@@H]6CC[C@H]7C[C@H](O)CC[C@]7(C)[C@H]6CC[C@]45C)cc(=O)oc3c2)CC1. The van der Waals surface area contributed by atoms with Gasteiger partial charge in [0.05, 0.1) is 12.2 Å². The van der Waals surface area contributed by atoms with Crippen LogP contribution in [0.2, 0.25) is 0 Å². The number of nitrogens with zero attached hydrogens (tertiary/aromatic N) is 2. The maximum absolute atomic E-state index is 12.9. The monoisotopic (exact) mass is 619 g/mol. The number of amides is 1. The number of hydrogen-bond donors (Lipinski definition) is 2. The summed E-state index contributed by atoms with van der Waals surface area (Å²) in [6.07, 6.45) is 10.9. The number of fused-ring (bicyclic) bond motifs is 6. The molecule has 0 bridgehead atoms. The number of aliphatic hydroxyl groups excluding tert-OH is 1. The highest BCUT2D eigenvalue weighted by atomic mass is 16.5. The zero-order valence-electron chi connectivity index (χ0n) is 27.6. The molecule has 5 aliphatic rings. The van der Waals surface area contributed by atoms with Crippen molar-refractivity contribution in [2.45, 2.75) is 90.3 Å². The number of nitrogens with one attached hydrogen (secondary N) is 1. The van der Waals surface area contributed by atoms with Gasteiger partial charge >= 0.3 is 5.63 Å². The molecular formula is C37H53N3O5. The predicted octanol–water partition coefficient (Wildman–Crippen LogP) is 4.99. The summed E-state index contributed by atoms with van der Waals surface area (Å²) in [6.45, 7) is 9.44. The van der Waals surface area contributed by atoms with E-state index in [0.717, 1.165) is 73.9 Å². The van der Waals surface area contributed by atoms with Crippen LogP contribution in [0.4, 0.5) is 5.69 Å². The van der Waals surface area contributed by atoms with Crippen LogP contribution in [-0.4, -0.2) is 74.5 Å². The quantitative estimate of drug-likeness (QED) is 0.422. The Morgan fingerprint density at radius 3 is 2.60 bits per heavy atom. The molecule has 2 heterocycles. The third-order valence-electron chi connectivity index (χ3n) is 13.4. The van der Waals surface area contributed by atoms with Gasteiger partial charge in [-0.15, -0.1) is 0 Å². The number of benzene rings is 1. The Balaban J connectivity index is 0.927. The Morgan fingerprint density at radius 1 is 1.00 bits per heavy atom. The highest BCUT2D eigenvalue weighted by Gasteiger charge is 2.60. The summed E-state index contributed by atoms with van der Waals surface area (Å²) < 4.78 is 12.0. The van der Waals surface area contributed by atoms with Crippen LogP contribution in [0.5, 0.6) is 0 Å². The number of aliphatic hydroxyl groups is 1. The smallest absolute Gasteiger partial charge is 0.336 e. The Labute approximate surface area is 267 Å². The molecule has 7 rings (SSSR count). The number of ether oxygens (including phenoxy) is 1. The molecule has 4 aliphatic carbocycles. The van der Waals surface area contributed by atoms with Crippen molar-refractivity contribution < 1.29 is 19.1 Å². The first kappa shape index (κ1) is 31.2. The van der Waals surface area contributed by atoms with Crippen molar-refractivity contribution in [3.05, 3.63) is 40.2 Å². The molecule has 4 saturated carbocycles. The third-order valence-corrected chi connectivity index (χ3v) is 13.4. The maximum atomic E-state index is 12.9. The van der Waals surface area contributed by atoms with E-state index in [2.05, 4.69) is 42.1 Å². The molecule has 8 heteroatoms. The second-order valence-electron chi connectivity index (χ2n) is 15.7. The predicted molar refractivity (Wildman–Crippen MR) is 176 cm³/mol. The Bertz CT molecular complexity index is 1450. The summed E-state index contributed by atoms with van der Waals surface area (Å²) in [6, 6.07) is 7.69. The number of rotatable bonds is 7. The van der Waals surface area contributed by atoms with Crippen LogP contribution >= 0.6 is 0 Å². The summed E-state index contributed by atoms with van der Waals surface area (Å²) in [5, 5.41) is 14.3. The number of carbonyl (C=O) groups is 1. The van der Waals surface area contributed by atoms with Crippen molar-refractivity contribution in [1.29, 1.82) is 0 Å². The van der Waals surface area contributed by atoms with E-state index in [1.807, 2.05) is 12.1 Å². The minimum atomic E-state index is -0.356. The molecule has 1 aromatic carbocycles. The van der Waals surface area contributed by atoms with Crippen molar-refractivity contribution in [3.8, 4) is 0 Å². The fourth-order valence-corrected chi connectivity index (χ4v) is 10.7. The van der Waals surface area contributed by atoms with Crippen molar-refractivity contribution in [1.82, 2.24) is 10.2 Å². The number of likely N-dealkylation sites (N-methyl/N-ethyl adjacent to an activating group) is 1. The molecule has 0 spiro atoms. The molecule has 0 unspecified atom stereocenters. The first-order valence-corrected chi connectivity index (χ1v) is 17.7. The topological polar surface area (TPSA) is 95.3 Å². The van der Waals surface area contributed by atoms with E-state index >= 15 is 0 Å². The molecule has 1 amide bonds. The number of hydrogen-bond acceptors (Lipinski definition) is 7. The van der Waals surface area contributed by atoms with Gasteiger partial charge in [0.25, 0.3) is 0 Å². The summed E-state index contributed by atoms with van der Waals surface area (Å²) in [4.78, 5) is 30.0. The van der Waals surface area contributed by atoms with Crippen molar-refractivity contribution >= 4 is 22.6 Å². The van der Waals surface area contributed by atoms with E-state index in [0.29, 0.717) is 35.8 Å². The highest BCUT2D eigenvalue weighted by Crippen LogP contribution is 2.66. The van der Waals surface area contributed by atoms with Gasteiger partial charge in [-0.1, -0.05) is 13.8 Å². The average molecular weight is 620 g/mol. The van der Waals surface area contributed by atoms with Gasteiger partial charge in [0, 0.05) is 55.9 Å². The molecule has 246 valence electrons. The molecule has 45 heavy (non-hydrogen) atoms. The van der Waals surface area contributed by atoms with Gasteiger partial charge in [-0.2, -0.15) is 0 Å². The Hall–Kier alpha value is -2.42. The minimum Gasteiger partial charge on any atom is -0.423 e. The Morgan fingerprint density at radius 2 is 1.78 bits per heavy atom. The number of anilines is 1. The van der Waals surface area contributed by atoms with E-state index < -0.39 is 0 Å². The van der Waals surface area contributed by atoms with Gasteiger partial charge in [0.2, 0.25) is 5.91 Å². The summed E-state index contributed by atoms with van der Waals surface area (Å²) in [7, 11) is 2.14. The number of piperazine rings is 1. The summed E-state index contributed by atoms with van der Waals surface area (Å²) >= 11 is 0. The molecule has 2 aromatic rings. The summed E-state index contributed by atoms with van der Waals surface area (Å²) in [5.74, 6) is 2.77. The lowest BCUT2D eigenvalue weighted by Crippen LogP contribution is -2.54. The maximum Gasteiger partial charge on any atom is 0.336 e. The summed E-state index contributed by atoms with van der Waals surface area (Å²) in [5.41, 5.74) is 2.73. The lowest BCUT2D eigenvalue weighted by atomic mass is 9.45. The second kappa shape index (κ2) is 12.3. The van der Waals surface area contributed by atoms with E-state index in [1.54, 1.807) is 6.07 Å². The van der Waals surface area contributed by atoms with Crippen LogP contribution in [0.15, 0.2) is 33.5 Å². The zero-order valence-corrected chi connectivity index (χ0v) is 27.6. The first-order chi connectivity index (χ1) is 21.6. The van der Waals surface area contributed by atoms with E-state index in [-0.39, 0.29) is 35.8 Å². The van der Waals surface area contributed by atoms with Crippen LogP contribution in [0, 0.1) is 34.5 Å². The Kier molecular flexibility index (Phi) is 8.53. The van der Waals surface area contributed by atoms with E-state index in [4.69, 9.17) is 9.15 Å². The first-order valence-electron chi connectivity index (χ1n) is 17.7. The van der Waals surface area contributed by atoms with Crippen LogP contribution in [0.3, 0.4) is 0 Å². The molecule has 8 nitrogen and oxygen atoms in total. The minimum absolute atomic E-state index is 0.0881. The van der Waals surface area contributed by atoms with Crippen LogP contribution in [-0.2, 0) is 16.0 Å². The van der Waals surface area contributed by atoms with Crippen LogP contribution in [0.25, 0.3) is 11.0 Å². The lowest BCUT2D eigenvalue weighted by molar-refractivity contribution is -0.147. The largest absolute Gasteiger partial charge is 0.423 e. The van der Waals surface area contributed by atoms with Gasteiger partial charge in [-0.05, 0) is 123 Å². The molecule has 1 saturated heterocycles. The van der Waals surface area contributed by atoms with Crippen LogP contribution in [0.1, 0.15) is 77.2 Å². The van der Waals surface area contributed by atoms with Gasteiger partial charge in [-0.25, -0.2) is 4.79 Å². The van der Waals surface area contributed by atoms with Crippen molar-refractivity contribution in [3.63, 3.8) is 0 Å². The highest BCUT2D eigenvalue weighted by molar-refractivity contribution is 5.84. The zero-order chi connectivity index (χ0) is 31.3.